The van der Waals surface area contributed by atoms with Crippen LogP contribution in [0.15, 0.2) is 12.1 Å². The van der Waals surface area contributed by atoms with E-state index in [-0.39, 0.29) is 42.3 Å². The lowest BCUT2D eigenvalue weighted by atomic mass is 9.81. The molecule has 0 aromatic heterocycles. The summed E-state index contributed by atoms with van der Waals surface area (Å²) in [5, 5.41) is 5.17. The van der Waals surface area contributed by atoms with E-state index in [2.05, 4.69) is 15.5 Å². The average molecular weight is 571 g/mol. The lowest BCUT2D eigenvalue weighted by molar-refractivity contribution is -0.136. The molecule has 2 N–H and O–H groups in total. The highest BCUT2D eigenvalue weighted by molar-refractivity contribution is 6.05. The van der Waals surface area contributed by atoms with Gasteiger partial charge in [-0.25, -0.2) is 9.18 Å². The zero-order valence-corrected chi connectivity index (χ0v) is 24.5. The predicted octanol–water partition coefficient (Wildman–Crippen LogP) is 4.10. The lowest BCUT2D eigenvalue weighted by Gasteiger charge is -2.37. The summed E-state index contributed by atoms with van der Waals surface area (Å²) in [7, 11) is 0. The molecule has 41 heavy (non-hydrogen) atoms. The van der Waals surface area contributed by atoms with Gasteiger partial charge in [0.1, 0.15) is 11.9 Å². The molecule has 1 aliphatic carbocycles. The number of piperidine rings is 2. The van der Waals surface area contributed by atoms with E-state index < -0.39 is 17.8 Å². The molecule has 3 heterocycles. The van der Waals surface area contributed by atoms with Crippen LogP contribution in [-0.4, -0.2) is 71.4 Å². The number of amides is 4. The van der Waals surface area contributed by atoms with E-state index in [0.717, 1.165) is 69.3 Å². The molecule has 3 fully saturated rings. The predicted molar refractivity (Wildman–Crippen MR) is 151 cm³/mol. The third-order valence-electron chi connectivity index (χ3n) is 9.09. The normalized spacial score (nSPS) is 26.1. The van der Waals surface area contributed by atoms with Crippen LogP contribution in [-0.2, 0) is 20.9 Å². The highest BCUT2D eigenvalue weighted by atomic mass is 19.1. The molecule has 1 atom stereocenters. The molecule has 1 aromatic carbocycles. The van der Waals surface area contributed by atoms with E-state index in [1.54, 1.807) is 6.07 Å². The van der Waals surface area contributed by atoms with Crippen LogP contribution in [0, 0.1) is 17.7 Å². The van der Waals surface area contributed by atoms with Gasteiger partial charge in [-0.2, -0.15) is 0 Å². The highest BCUT2D eigenvalue weighted by Gasteiger charge is 2.41. The Kier molecular flexibility index (Phi) is 8.68. The van der Waals surface area contributed by atoms with Crippen molar-refractivity contribution in [1.29, 1.82) is 0 Å². The van der Waals surface area contributed by atoms with Gasteiger partial charge in [-0.15, -0.1) is 0 Å². The van der Waals surface area contributed by atoms with Crippen molar-refractivity contribution in [2.24, 2.45) is 11.8 Å². The fraction of sp³-hybridized carbons (Fsp3) is 0.677. The van der Waals surface area contributed by atoms with Crippen molar-refractivity contribution >= 4 is 23.8 Å². The largest absolute Gasteiger partial charge is 0.449 e. The SMILES string of the molecule is CC(C)(C)NC(=O)OCC1CCC(CN2CCC(c3cc(F)cc4c3CN(C3CCC(=O)NC3=O)C4=O)CC2)CC1. The topological polar surface area (TPSA) is 108 Å². The second-order valence-electron chi connectivity index (χ2n) is 13.4. The van der Waals surface area contributed by atoms with E-state index in [0.29, 0.717) is 30.4 Å². The van der Waals surface area contributed by atoms with Crippen molar-refractivity contribution in [2.75, 3.05) is 26.2 Å². The second kappa shape index (κ2) is 12.1. The number of fused-ring (bicyclic) bond motifs is 1. The number of likely N-dealkylation sites (tertiary alicyclic amines) is 1. The molecule has 1 saturated carbocycles. The number of alkyl carbamates (subject to hydrolysis) is 1. The average Bonchev–Trinajstić information content (AvgIpc) is 3.23. The molecule has 0 spiro atoms. The number of benzene rings is 1. The van der Waals surface area contributed by atoms with E-state index in [9.17, 15) is 23.6 Å². The molecular weight excluding hydrogens is 527 g/mol. The molecule has 1 aromatic rings. The number of rotatable bonds is 6. The first-order valence-electron chi connectivity index (χ1n) is 15.1. The van der Waals surface area contributed by atoms with Crippen LogP contribution >= 0.6 is 0 Å². The number of nitrogens with one attached hydrogen (secondary N) is 2. The van der Waals surface area contributed by atoms with Crippen LogP contribution in [0.3, 0.4) is 0 Å². The quantitative estimate of drug-likeness (QED) is 0.499. The maximum Gasteiger partial charge on any atom is 0.407 e. The van der Waals surface area contributed by atoms with Crippen molar-refractivity contribution in [3.8, 4) is 0 Å². The summed E-state index contributed by atoms with van der Waals surface area (Å²) >= 11 is 0. The van der Waals surface area contributed by atoms with E-state index in [1.165, 1.54) is 11.0 Å². The molecule has 4 amide bonds. The zero-order valence-electron chi connectivity index (χ0n) is 24.5. The number of carbonyl (C=O) groups is 4. The fourth-order valence-corrected chi connectivity index (χ4v) is 6.93. The third kappa shape index (κ3) is 7.08. The molecule has 10 heteroatoms. The molecular formula is C31H43FN4O5. The maximum atomic E-state index is 14.7. The molecule has 0 bridgehead atoms. The molecule has 224 valence electrons. The number of imide groups is 1. The van der Waals surface area contributed by atoms with Gasteiger partial charge in [0, 0.05) is 30.6 Å². The number of halogens is 1. The monoisotopic (exact) mass is 570 g/mol. The van der Waals surface area contributed by atoms with Gasteiger partial charge in [-0.3, -0.25) is 19.7 Å². The van der Waals surface area contributed by atoms with Gasteiger partial charge in [-0.1, -0.05) is 0 Å². The fourth-order valence-electron chi connectivity index (χ4n) is 6.93. The Balaban J connectivity index is 1.11. The molecule has 1 unspecified atom stereocenters. The lowest BCUT2D eigenvalue weighted by Crippen LogP contribution is -2.52. The number of nitrogens with zero attached hydrogens (tertiary/aromatic N) is 2. The Morgan fingerprint density at radius 2 is 1.71 bits per heavy atom. The van der Waals surface area contributed by atoms with Crippen molar-refractivity contribution in [3.05, 3.63) is 34.6 Å². The summed E-state index contributed by atoms with van der Waals surface area (Å²) < 4.78 is 20.2. The second-order valence-corrected chi connectivity index (χ2v) is 13.4. The van der Waals surface area contributed by atoms with Gasteiger partial charge in [-0.05, 0) is 120 Å². The minimum atomic E-state index is -0.701. The minimum absolute atomic E-state index is 0.164. The van der Waals surface area contributed by atoms with Crippen molar-refractivity contribution in [1.82, 2.24) is 20.4 Å². The molecule has 4 aliphatic rings. The standard InChI is InChI=1S/C31H43FN4O5/c1-31(2,3)34-30(40)41-18-20-6-4-19(5-7-20)16-35-12-10-21(11-13-35)23-14-22(32)15-24-25(23)17-36(29(24)39)26-8-9-27(37)33-28(26)38/h14-15,19-21,26H,4-13,16-18H2,1-3H3,(H,34,40)(H,33,37,38). The number of ether oxygens (including phenoxy) is 1. The maximum absolute atomic E-state index is 14.7. The Bertz CT molecular complexity index is 1180. The summed E-state index contributed by atoms with van der Waals surface area (Å²) in [4.78, 5) is 53.2. The Hall–Kier alpha value is -3.01. The van der Waals surface area contributed by atoms with Crippen LogP contribution in [0.25, 0.3) is 0 Å². The smallest absolute Gasteiger partial charge is 0.407 e. The molecule has 2 saturated heterocycles. The summed E-state index contributed by atoms with van der Waals surface area (Å²) in [5.74, 6) is -0.316. The van der Waals surface area contributed by atoms with Gasteiger partial charge >= 0.3 is 6.09 Å². The van der Waals surface area contributed by atoms with Crippen LogP contribution in [0.2, 0.25) is 0 Å². The Labute approximate surface area is 241 Å². The molecule has 0 radical (unpaired) electrons. The molecule has 3 aliphatic heterocycles. The Morgan fingerprint density at radius 1 is 1.02 bits per heavy atom. The summed E-state index contributed by atoms with van der Waals surface area (Å²) in [5.41, 5.74) is 1.77. The van der Waals surface area contributed by atoms with E-state index in [1.807, 2.05) is 20.8 Å². The number of hydrogen-bond acceptors (Lipinski definition) is 6. The van der Waals surface area contributed by atoms with Gasteiger partial charge in [0.05, 0.1) is 6.61 Å². The first-order chi connectivity index (χ1) is 19.5. The summed E-state index contributed by atoms with van der Waals surface area (Å²) in [6.45, 7) is 9.46. The van der Waals surface area contributed by atoms with Gasteiger partial charge in [0.25, 0.3) is 5.91 Å². The van der Waals surface area contributed by atoms with Crippen LogP contribution in [0.4, 0.5) is 9.18 Å². The number of hydrogen-bond donors (Lipinski definition) is 2. The first kappa shape index (κ1) is 29.5. The van der Waals surface area contributed by atoms with Gasteiger partial charge in [0.2, 0.25) is 11.8 Å². The van der Waals surface area contributed by atoms with Crippen molar-refractivity contribution < 1.29 is 28.3 Å². The molecule has 5 rings (SSSR count). The summed E-state index contributed by atoms with van der Waals surface area (Å²) in [6, 6.07) is 2.17. The van der Waals surface area contributed by atoms with Gasteiger partial charge in [0.15, 0.2) is 0 Å². The van der Waals surface area contributed by atoms with Crippen LogP contribution in [0.1, 0.15) is 99.5 Å². The first-order valence-corrected chi connectivity index (χ1v) is 15.1. The zero-order chi connectivity index (χ0) is 29.3. The molecule has 9 nitrogen and oxygen atoms in total. The third-order valence-corrected chi connectivity index (χ3v) is 9.09. The van der Waals surface area contributed by atoms with E-state index >= 15 is 0 Å². The Morgan fingerprint density at radius 3 is 2.37 bits per heavy atom. The van der Waals surface area contributed by atoms with Gasteiger partial charge < -0.3 is 19.9 Å². The minimum Gasteiger partial charge on any atom is -0.449 e. The van der Waals surface area contributed by atoms with Crippen molar-refractivity contribution in [2.45, 2.75) is 96.2 Å². The number of carbonyl (C=O) groups excluding carboxylic acids is 4. The highest BCUT2D eigenvalue weighted by Crippen LogP contribution is 2.38. The van der Waals surface area contributed by atoms with E-state index in [4.69, 9.17) is 4.74 Å². The van der Waals surface area contributed by atoms with Crippen LogP contribution < -0.4 is 10.6 Å². The van der Waals surface area contributed by atoms with Crippen molar-refractivity contribution in [3.63, 3.8) is 0 Å². The summed E-state index contributed by atoms with van der Waals surface area (Å²) in [6.07, 6.45) is 6.33. The van der Waals surface area contributed by atoms with Crippen LogP contribution in [0.5, 0.6) is 0 Å².